The van der Waals surface area contributed by atoms with Crippen molar-refractivity contribution in [2.24, 2.45) is 0 Å². The lowest BCUT2D eigenvalue weighted by Crippen LogP contribution is -2.05. The van der Waals surface area contributed by atoms with Crippen LogP contribution in [0.1, 0.15) is 25.3 Å². The molecule has 26 heavy (non-hydrogen) atoms. The van der Waals surface area contributed by atoms with E-state index in [-0.39, 0.29) is 11.1 Å². The Balaban J connectivity index is 2.19. The molecule has 0 fully saturated rings. The highest BCUT2D eigenvalue weighted by atomic mass is 32.2. The summed E-state index contributed by atoms with van der Waals surface area (Å²) >= 11 is 0.395. The van der Waals surface area contributed by atoms with Gasteiger partial charge in [0.25, 0.3) is 5.76 Å². The number of hydrogen-bond acceptors (Lipinski definition) is 4. The van der Waals surface area contributed by atoms with Crippen molar-refractivity contribution < 1.29 is 13.5 Å². The third kappa shape index (κ3) is 3.72. The molecule has 1 heterocycles. The van der Waals surface area contributed by atoms with E-state index in [4.69, 9.17) is 4.74 Å². The van der Waals surface area contributed by atoms with Crippen molar-refractivity contribution in [2.75, 3.05) is 7.11 Å². The largest absolute Gasteiger partial charge is 0.497 e. The fourth-order valence-electron chi connectivity index (χ4n) is 2.75. The van der Waals surface area contributed by atoms with Crippen LogP contribution < -0.4 is 4.74 Å². The summed E-state index contributed by atoms with van der Waals surface area (Å²) in [6.45, 7) is 4.13. The van der Waals surface area contributed by atoms with E-state index >= 15 is 0 Å². The van der Waals surface area contributed by atoms with Crippen LogP contribution in [0.25, 0.3) is 17.1 Å². The highest BCUT2D eigenvalue weighted by Crippen LogP contribution is 2.34. The predicted molar refractivity (Wildman–Crippen MR) is 99.3 cm³/mol. The zero-order valence-electron chi connectivity index (χ0n) is 14.7. The van der Waals surface area contributed by atoms with Crippen molar-refractivity contribution in [3.05, 3.63) is 54.1 Å². The number of para-hydroxylation sites is 1. The first-order chi connectivity index (χ1) is 12.5. The zero-order chi connectivity index (χ0) is 18.7. The molecule has 0 bridgehead atoms. The quantitative estimate of drug-likeness (QED) is 0.542. The van der Waals surface area contributed by atoms with Gasteiger partial charge in [-0.05, 0) is 53.6 Å². The van der Waals surface area contributed by atoms with Gasteiger partial charge in [0.15, 0.2) is 5.82 Å². The van der Waals surface area contributed by atoms with Gasteiger partial charge in [0, 0.05) is 5.56 Å². The molecule has 4 nitrogen and oxygen atoms in total. The molecular weight excluding hydrogens is 356 g/mol. The van der Waals surface area contributed by atoms with Crippen molar-refractivity contribution in [1.82, 2.24) is 14.8 Å². The summed E-state index contributed by atoms with van der Waals surface area (Å²) < 4.78 is 33.0. The van der Waals surface area contributed by atoms with E-state index in [0.29, 0.717) is 23.3 Å². The maximum atomic E-state index is 13.1. The number of hydrogen-bond donors (Lipinski definition) is 0. The number of thioether (sulfide) groups is 1. The van der Waals surface area contributed by atoms with Gasteiger partial charge in [-0.3, -0.25) is 4.57 Å². The number of nitrogens with zero attached hydrogens (tertiary/aromatic N) is 3. The Bertz CT molecular complexity index is 879. The molecule has 0 spiro atoms. The Morgan fingerprint density at radius 2 is 1.69 bits per heavy atom. The standard InChI is InChI=1S/C19H19F2N3OS/c1-12(2)15-6-4-5-7-16(15)24-17(22-23-19(24)26-18(20)21)13-8-10-14(25-3)11-9-13/h4-12,18H,1-3H3. The highest BCUT2D eigenvalue weighted by Gasteiger charge is 2.21. The maximum absolute atomic E-state index is 13.1. The number of alkyl halides is 2. The third-order valence-corrected chi connectivity index (χ3v) is 4.63. The highest BCUT2D eigenvalue weighted by molar-refractivity contribution is 7.99. The number of halogens is 2. The molecule has 2 aromatic carbocycles. The van der Waals surface area contributed by atoms with Gasteiger partial charge >= 0.3 is 0 Å². The van der Waals surface area contributed by atoms with Gasteiger partial charge in [-0.15, -0.1) is 10.2 Å². The molecule has 0 saturated carbocycles. The average molecular weight is 375 g/mol. The summed E-state index contributed by atoms with van der Waals surface area (Å²) in [5.41, 5.74) is 2.62. The molecule has 0 unspecified atom stereocenters. The van der Waals surface area contributed by atoms with Crippen molar-refractivity contribution in [1.29, 1.82) is 0 Å². The SMILES string of the molecule is COc1ccc(-c2nnc(SC(F)F)n2-c2ccccc2C(C)C)cc1. The first kappa shape index (κ1) is 18.4. The fourth-order valence-corrected chi connectivity index (χ4v) is 3.29. The summed E-state index contributed by atoms with van der Waals surface area (Å²) in [5.74, 6) is -1.12. The molecule has 0 atom stereocenters. The number of ether oxygens (including phenoxy) is 1. The normalized spacial score (nSPS) is 11.3. The minimum absolute atomic E-state index is 0.166. The van der Waals surface area contributed by atoms with Crippen LogP contribution in [0.5, 0.6) is 5.75 Å². The van der Waals surface area contributed by atoms with Crippen LogP contribution in [-0.2, 0) is 0 Å². The molecular formula is C19H19F2N3OS. The monoisotopic (exact) mass is 375 g/mol. The summed E-state index contributed by atoms with van der Waals surface area (Å²) in [6, 6.07) is 15.0. The minimum Gasteiger partial charge on any atom is -0.497 e. The van der Waals surface area contributed by atoms with Crippen molar-refractivity contribution in [3.8, 4) is 22.8 Å². The molecule has 0 aliphatic carbocycles. The van der Waals surface area contributed by atoms with Gasteiger partial charge in [0.1, 0.15) is 5.75 Å². The molecule has 0 amide bonds. The van der Waals surface area contributed by atoms with Crippen molar-refractivity contribution in [2.45, 2.75) is 30.7 Å². The van der Waals surface area contributed by atoms with Crippen LogP contribution in [0.4, 0.5) is 8.78 Å². The number of aromatic nitrogens is 3. The molecule has 3 rings (SSSR count). The van der Waals surface area contributed by atoms with Crippen LogP contribution in [0.15, 0.2) is 53.7 Å². The topological polar surface area (TPSA) is 39.9 Å². The Morgan fingerprint density at radius 3 is 2.31 bits per heavy atom. The maximum Gasteiger partial charge on any atom is 0.291 e. The van der Waals surface area contributed by atoms with Crippen molar-refractivity contribution >= 4 is 11.8 Å². The zero-order valence-corrected chi connectivity index (χ0v) is 15.5. The lowest BCUT2D eigenvalue weighted by atomic mass is 10.0. The molecule has 136 valence electrons. The molecule has 0 N–H and O–H groups in total. The third-order valence-electron chi connectivity index (χ3n) is 3.98. The van der Waals surface area contributed by atoms with Crippen LogP contribution in [0.2, 0.25) is 0 Å². The van der Waals surface area contributed by atoms with Crippen LogP contribution in [0, 0.1) is 0 Å². The predicted octanol–water partition coefficient (Wildman–Crippen LogP) is 5.38. The van der Waals surface area contributed by atoms with Crippen molar-refractivity contribution in [3.63, 3.8) is 0 Å². The molecule has 1 aromatic heterocycles. The van der Waals surface area contributed by atoms with E-state index in [0.717, 1.165) is 16.8 Å². The second-order valence-electron chi connectivity index (χ2n) is 5.96. The molecule has 7 heteroatoms. The van der Waals surface area contributed by atoms with Gasteiger partial charge in [0.05, 0.1) is 12.8 Å². The molecule has 3 aromatic rings. The first-order valence-electron chi connectivity index (χ1n) is 8.15. The van der Waals surface area contributed by atoms with E-state index in [1.165, 1.54) is 0 Å². The summed E-state index contributed by atoms with van der Waals surface area (Å²) in [6.07, 6.45) is 0. The van der Waals surface area contributed by atoms with E-state index in [2.05, 4.69) is 24.0 Å². The second-order valence-corrected chi connectivity index (χ2v) is 6.92. The fraction of sp³-hybridized carbons (Fsp3) is 0.263. The molecule has 0 aliphatic heterocycles. The molecule has 0 aliphatic rings. The van der Waals surface area contributed by atoms with Gasteiger partial charge in [-0.2, -0.15) is 8.78 Å². The Hall–Kier alpha value is -2.41. The first-order valence-corrected chi connectivity index (χ1v) is 9.03. The van der Waals surface area contributed by atoms with Gasteiger partial charge in [-0.1, -0.05) is 32.0 Å². The summed E-state index contributed by atoms with van der Waals surface area (Å²) in [7, 11) is 1.59. The van der Waals surface area contributed by atoms with E-state index < -0.39 is 5.76 Å². The van der Waals surface area contributed by atoms with E-state index in [9.17, 15) is 8.78 Å². The lowest BCUT2D eigenvalue weighted by Gasteiger charge is -2.16. The number of methoxy groups -OCH3 is 1. The smallest absolute Gasteiger partial charge is 0.291 e. The Morgan fingerprint density at radius 1 is 1.00 bits per heavy atom. The van der Waals surface area contributed by atoms with Gasteiger partial charge < -0.3 is 4.74 Å². The number of rotatable bonds is 6. The van der Waals surface area contributed by atoms with Gasteiger partial charge in [0.2, 0.25) is 5.16 Å². The van der Waals surface area contributed by atoms with E-state index in [1.54, 1.807) is 11.7 Å². The molecule has 0 radical (unpaired) electrons. The van der Waals surface area contributed by atoms with Gasteiger partial charge in [-0.25, -0.2) is 0 Å². The Labute approximate surface area is 155 Å². The number of benzene rings is 2. The minimum atomic E-state index is -2.58. The van der Waals surface area contributed by atoms with Crippen LogP contribution >= 0.6 is 11.8 Å². The summed E-state index contributed by atoms with van der Waals surface area (Å²) in [4.78, 5) is 0. The second kappa shape index (κ2) is 7.86. The lowest BCUT2D eigenvalue weighted by molar-refractivity contribution is 0.251. The molecule has 0 saturated heterocycles. The van der Waals surface area contributed by atoms with E-state index in [1.807, 2.05) is 48.5 Å². The average Bonchev–Trinajstić information content (AvgIpc) is 3.04. The Kier molecular flexibility index (Phi) is 5.56. The van der Waals surface area contributed by atoms with Crippen LogP contribution in [0.3, 0.4) is 0 Å². The van der Waals surface area contributed by atoms with Crippen LogP contribution in [-0.4, -0.2) is 27.6 Å². The summed E-state index contributed by atoms with van der Waals surface area (Å²) in [5, 5.41) is 8.37.